The fraction of sp³-hybridized carbons (Fsp3) is 1.00. The Morgan fingerprint density at radius 1 is 0.591 bits per heavy atom. The summed E-state index contributed by atoms with van der Waals surface area (Å²) < 4.78 is 0.391. The SMILES string of the molecule is SCSCCCSCSCSCSCCCSC(S)SCS. The molecule has 0 aromatic heterocycles. The zero-order chi connectivity index (χ0) is 16.3. The minimum Gasteiger partial charge on any atom is -0.168 e. The molecule has 0 fully saturated rings. The van der Waals surface area contributed by atoms with Crippen molar-refractivity contribution in [1.29, 1.82) is 0 Å². The van der Waals surface area contributed by atoms with Crippen LogP contribution in [0.2, 0.25) is 0 Å². The Hall–Kier alpha value is 3.50. The maximum absolute atomic E-state index is 4.49. The molecule has 0 rings (SSSR count). The predicted octanol–water partition coefficient (Wildman–Crippen LogP) is 6.76. The van der Waals surface area contributed by atoms with Gasteiger partial charge in [-0.05, 0) is 35.9 Å². The third-order valence-electron chi connectivity index (χ3n) is 2.08. The van der Waals surface area contributed by atoms with Crippen molar-refractivity contribution in [3.8, 4) is 0 Å². The fourth-order valence-electron chi connectivity index (χ4n) is 1.15. The van der Waals surface area contributed by atoms with Gasteiger partial charge in [0.2, 0.25) is 0 Å². The van der Waals surface area contributed by atoms with Crippen molar-refractivity contribution in [1.82, 2.24) is 0 Å². The molecule has 22 heavy (non-hydrogen) atoms. The van der Waals surface area contributed by atoms with Crippen LogP contribution in [0.15, 0.2) is 0 Å². The molecule has 0 radical (unpaired) electrons. The molecular weight excluding hydrogens is 465 g/mol. The minimum absolute atomic E-state index is 0.391. The highest BCUT2D eigenvalue weighted by atomic mass is 32.3. The van der Waals surface area contributed by atoms with Gasteiger partial charge in [0.05, 0.1) is 3.91 Å². The van der Waals surface area contributed by atoms with Crippen molar-refractivity contribution in [3.63, 3.8) is 0 Å². The van der Waals surface area contributed by atoms with Crippen LogP contribution in [0, 0.1) is 0 Å². The lowest BCUT2D eigenvalue weighted by molar-refractivity contribution is 1.13. The first kappa shape index (κ1) is 25.5. The Balaban J connectivity index is 3.00. The highest BCUT2D eigenvalue weighted by Crippen LogP contribution is 2.28. The summed E-state index contributed by atoms with van der Waals surface area (Å²) in [6, 6.07) is 0. The Morgan fingerprint density at radius 2 is 1.14 bits per heavy atom. The summed E-state index contributed by atoms with van der Waals surface area (Å²) in [5.41, 5.74) is 0. The van der Waals surface area contributed by atoms with Gasteiger partial charge >= 0.3 is 0 Å². The average Bonchev–Trinajstić information content (AvgIpc) is 2.51. The summed E-state index contributed by atoms with van der Waals surface area (Å²) in [7, 11) is 0. The molecule has 0 heterocycles. The Morgan fingerprint density at radius 3 is 1.73 bits per heavy atom. The molecule has 0 bridgehead atoms. The Bertz CT molecular complexity index is 206. The molecule has 0 aromatic rings. The van der Waals surface area contributed by atoms with E-state index in [9.17, 15) is 0 Å². The molecule has 1 unspecified atom stereocenters. The van der Waals surface area contributed by atoms with Crippen LogP contribution in [0.1, 0.15) is 12.8 Å². The summed E-state index contributed by atoms with van der Waals surface area (Å²) in [6.45, 7) is 0. The van der Waals surface area contributed by atoms with Gasteiger partial charge in [-0.25, -0.2) is 0 Å². The van der Waals surface area contributed by atoms with E-state index in [1.54, 1.807) is 11.8 Å². The van der Waals surface area contributed by atoms with Crippen molar-refractivity contribution in [2.45, 2.75) is 16.8 Å². The molecule has 1 atom stereocenters. The number of hydrogen-bond acceptors (Lipinski definition) is 10. The molecule has 0 aromatic carbocycles. The standard InChI is InChI=1S/C12H26S10/c13-7-16-3-1-4-17-9-19-11-20-10-18-5-2-6-21-12(15)22-8-14/h12-15H,1-11H2. The molecule has 0 N–H and O–H groups in total. The minimum atomic E-state index is 0.391. The van der Waals surface area contributed by atoms with Crippen LogP contribution in [0.5, 0.6) is 0 Å². The maximum Gasteiger partial charge on any atom is 0.0935 e. The molecule has 0 aliphatic rings. The summed E-state index contributed by atoms with van der Waals surface area (Å²) in [5.74, 6) is 5.03. The van der Waals surface area contributed by atoms with Crippen LogP contribution in [0.4, 0.5) is 0 Å². The molecule has 0 amide bonds. The van der Waals surface area contributed by atoms with Crippen molar-refractivity contribution in [3.05, 3.63) is 0 Å². The molecule has 10 heteroatoms. The lowest BCUT2D eigenvalue weighted by Gasteiger charge is -2.07. The van der Waals surface area contributed by atoms with Gasteiger partial charge in [0.25, 0.3) is 0 Å². The van der Waals surface area contributed by atoms with Gasteiger partial charge in [-0.3, -0.25) is 0 Å². The highest BCUT2D eigenvalue weighted by molar-refractivity contribution is 8.30. The van der Waals surface area contributed by atoms with Gasteiger partial charge in [0, 0.05) is 25.4 Å². The zero-order valence-electron chi connectivity index (χ0n) is 12.6. The van der Waals surface area contributed by atoms with Crippen LogP contribution in [0.25, 0.3) is 0 Å². The van der Waals surface area contributed by atoms with E-state index in [0.29, 0.717) is 3.91 Å². The molecular formula is C12H26S10. The van der Waals surface area contributed by atoms with Gasteiger partial charge in [-0.2, -0.15) is 73.2 Å². The first-order valence-electron chi connectivity index (χ1n) is 6.83. The molecule has 0 nitrogen and oxygen atoms in total. The van der Waals surface area contributed by atoms with Crippen molar-refractivity contribution in [2.75, 3.05) is 48.4 Å². The number of hydrogen-bond donors (Lipinski definition) is 3. The van der Waals surface area contributed by atoms with E-state index in [4.69, 9.17) is 0 Å². The van der Waals surface area contributed by atoms with Crippen LogP contribution in [0.3, 0.4) is 0 Å². The monoisotopic (exact) mass is 490 g/mol. The van der Waals surface area contributed by atoms with Crippen molar-refractivity contribution >= 4 is 120 Å². The van der Waals surface area contributed by atoms with Crippen LogP contribution in [-0.2, 0) is 0 Å². The topological polar surface area (TPSA) is 0 Å². The summed E-state index contributed by atoms with van der Waals surface area (Å²) in [5, 5.41) is 5.52. The first-order valence-corrected chi connectivity index (χ1v) is 16.5. The smallest absolute Gasteiger partial charge is 0.0935 e. The van der Waals surface area contributed by atoms with E-state index in [-0.39, 0.29) is 0 Å². The van der Waals surface area contributed by atoms with Crippen molar-refractivity contribution < 1.29 is 0 Å². The van der Waals surface area contributed by atoms with Gasteiger partial charge < -0.3 is 0 Å². The Kier molecular flexibility index (Phi) is 26.1. The lowest BCUT2D eigenvalue weighted by atomic mass is 10.6. The van der Waals surface area contributed by atoms with Crippen LogP contribution in [-0.4, -0.2) is 52.3 Å². The zero-order valence-corrected chi connectivity index (χ0v) is 21.0. The third-order valence-corrected chi connectivity index (χ3v) is 11.9. The molecule has 0 aliphatic heterocycles. The fourth-order valence-corrected chi connectivity index (χ4v) is 10.4. The molecule has 0 saturated carbocycles. The normalized spacial score (nSPS) is 12.7. The van der Waals surface area contributed by atoms with Gasteiger partial charge in [-0.1, -0.05) is 0 Å². The number of rotatable bonds is 18. The maximum atomic E-state index is 4.49. The van der Waals surface area contributed by atoms with E-state index >= 15 is 0 Å². The molecule has 0 aliphatic carbocycles. The van der Waals surface area contributed by atoms with Gasteiger partial charge in [-0.15, -0.1) is 47.0 Å². The number of thiol groups is 3. The third kappa shape index (κ3) is 21.5. The molecule has 0 spiro atoms. The summed E-state index contributed by atoms with van der Waals surface area (Å²) in [6.07, 6.45) is 2.60. The lowest BCUT2D eigenvalue weighted by Crippen LogP contribution is -1.90. The summed E-state index contributed by atoms with van der Waals surface area (Å²) in [4.78, 5) is 0. The second kappa shape index (κ2) is 22.5. The van der Waals surface area contributed by atoms with E-state index in [0.717, 1.165) is 10.2 Å². The first-order chi connectivity index (χ1) is 10.8. The average molecular weight is 491 g/mol. The quantitative estimate of drug-likeness (QED) is 0.109. The largest absolute Gasteiger partial charge is 0.168 e. The predicted molar refractivity (Wildman–Crippen MR) is 137 cm³/mol. The van der Waals surface area contributed by atoms with Crippen molar-refractivity contribution in [2.24, 2.45) is 0 Å². The van der Waals surface area contributed by atoms with E-state index in [1.165, 1.54) is 51.1 Å². The highest BCUT2D eigenvalue weighted by Gasteiger charge is 2.01. The summed E-state index contributed by atoms with van der Waals surface area (Å²) >= 11 is 26.8. The Labute approximate surface area is 183 Å². The van der Waals surface area contributed by atoms with Gasteiger partial charge in [0.15, 0.2) is 0 Å². The second-order valence-corrected chi connectivity index (χ2v) is 15.5. The number of thioether (sulfide) groups is 7. The second-order valence-electron chi connectivity index (χ2n) is 3.80. The molecule has 134 valence electrons. The van der Waals surface area contributed by atoms with Crippen LogP contribution >= 0.6 is 120 Å². The van der Waals surface area contributed by atoms with Crippen LogP contribution < -0.4 is 0 Å². The van der Waals surface area contributed by atoms with E-state index < -0.39 is 0 Å². The van der Waals surface area contributed by atoms with E-state index in [1.807, 2.05) is 23.5 Å². The van der Waals surface area contributed by atoms with Gasteiger partial charge in [0.1, 0.15) is 0 Å². The van der Waals surface area contributed by atoms with E-state index in [2.05, 4.69) is 84.9 Å². The molecule has 0 saturated heterocycles.